The van der Waals surface area contributed by atoms with E-state index in [9.17, 15) is 13.2 Å². The van der Waals surface area contributed by atoms with E-state index < -0.39 is 15.6 Å². The molecule has 2 heterocycles. The van der Waals surface area contributed by atoms with Gasteiger partial charge in [0.25, 0.3) is 0 Å². The molecule has 29 heavy (non-hydrogen) atoms. The van der Waals surface area contributed by atoms with Gasteiger partial charge in [0.2, 0.25) is 15.9 Å². The standard InChI is InChI=1S/C20H33N3O5S/c1-19(2,3)28-18(24)23-14-15(12-20(23,4)5)8-6-7-11-27-17-10-9-16(13-22-17)29(21,25)26/h9-10,13,15H,6-8,11-12,14H2,1-5H3,(H2,21,25,26). The number of unbranched alkanes of at least 4 members (excludes halogenated alkanes) is 1. The van der Waals surface area contributed by atoms with Gasteiger partial charge in [0.05, 0.1) is 12.8 Å². The van der Waals surface area contributed by atoms with Crippen LogP contribution in [0.15, 0.2) is 23.2 Å². The summed E-state index contributed by atoms with van der Waals surface area (Å²) >= 11 is 0. The van der Waals surface area contributed by atoms with Crippen molar-refractivity contribution >= 4 is 16.1 Å². The van der Waals surface area contributed by atoms with Gasteiger partial charge in [-0.25, -0.2) is 23.3 Å². The molecule has 2 N–H and O–H groups in total. The third-order valence-corrected chi connectivity index (χ3v) is 5.77. The molecule has 1 saturated heterocycles. The highest BCUT2D eigenvalue weighted by molar-refractivity contribution is 7.89. The van der Waals surface area contributed by atoms with Crippen molar-refractivity contribution in [3.8, 4) is 5.88 Å². The van der Waals surface area contributed by atoms with E-state index in [1.165, 1.54) is 18.3 Å². The first-order valence-corrected chi connectivity index (χ1v) is 11.4. The number of nitrogens with zero attached hydrogens (tertiary/aromatic N) is 2. The van der Waals surface area contributed by atoms with Gasteiger partial charge in [-0.3, -0.25) is 0 Å². The van der Waals surface area contributed by atoms with Crippen molar-refractivity contribution in [1.82, 2.24) is 9.88 Å². The quantitative estimate of drug-likeness (QED) is 0.668. The number of primary sulfonamides is 1. The zero-order valence-corrected chi connectivity index (χ0v) is 18.8. The number of nitrogens with two attached hydrogens (primary N) is 1. The van der Waals surface area contributed by atoms with Crippen molar-refractivity contribution in [3.63, 3.8) is 0 Å². The number of pyridine rings is 1. The van der Waals surface area contributed by atoms with Crippen LogP contribution in [0.4, 0.5) is 4.79 Å². The van der Waals surface area contributed by atoms with Crippen LogP contribution in [0.25, 0.3) is 0 Å². The smallest absolute Gasteiger partial charge is 0.410 e. The van der Waals surface area contributed by atoms with Crippen LogP contribution in [0, 0.1) is 5.92 Å². The largest absolute Gasteiger partial charge is 0.478 e. The molecule has 2 rings (SSSR count). The Kier molecular flexibility index (Phi) is 7.16. The molecule has 1 atom stereocenters. The summed E-state index contributed by atoms with van der Waals surface area (Å²) in [4.78, 5) is 18.2. The van der Waals surface area contributed by atoms with Crippen LogP contribution in [0.1, 0.15) is 60.3 Å². The van der Waals surface area contributed by atoms with E-state index in [-0.39, 0.29) is 16.5 Å². The molecule has 0 aliphatic carbocycles. The van der Waals surface area contributed by atoms with Crippen LogP contribution < -0.4 is 9.88 Å². The molecule has 1 aliphatic heterocycles. The van der Waals surface area contributed by atoms with Gasteiger partial charge in [-0.05, 0) is 72.3 Å². The summed E-state index contributed by atoms with van der Waals surface area (Å²) in [5.41, 5.74) is -0.707. The third kappa shape index (κ3) is 7.15. The maximum atomic E-state index is 12.5. The van der Waals surface area contributed by atoms with Crippen LogP contribution in [-0.2, 0) is 14.8 Å². The number of hydrogen-bond acceptors (Lipinski definition) is 6. The molecular formula is C20H33N3O5S. The molecule has 0 saturated carbocycles. The summed E-state index contributed by atoms with van der Waals surface area (Å²) in [5, 5.41) is 5.04. The minimum atomic E-state index is -3.74. The maximum Gasteiger partial charge on any atom is 0.410 e. The number of sulfonamides is 1. The lowest BCUT2D eigenvalue weighted by atomic mass is 9.93. The fourth-order valence-electron chi connectivity index (χ4n) is 3.55. The van der Waals surface area contributed by atoms with Gasteiger partial charge in [-0.1, -0.05) is 0 Å². The summed E-state index contributed by atoms with van der Waals surface area (Å²) in [6.07, 6.45) is 4.71. The molecule has 8 nitrogen and oxygen atoms in total. The van der Waals surface area contributed by atoms with Gasteiger partial charge < -0.3 is 14.4 Å². The lowest BCUT2D eigenvalue weighted by Crippen LogP contribution is -2.45. The van der Waals surface area contributed by atoms with Gasteiger partial charge in [-0.2, -0.15) is 0 Å². The van der Waals surface area contributed by atoms with E-state index in [1.807, 2.05) is 25.7 Å². The molecule has 1 fully saturated rings. The number of carbonyl (C=O) groups excluding carboxylic acids is 1. The second-order valence-corrected chi connectivity index (χ2v) is 10.8. The zero-order chi connectivity index (χ0) is 21.9. The van der Waals surface area contributed by atoms with Crippen molar-refractivity contribution in [1.29, 1.82) is 0 Å². The van der Waals surface area contributed by atoms with Gasteiger partial charge >= 0.3 is 6.09 Å². The molecule has 1 aliphatic rings. The molecule has 0 radical (unpaired) electrons. The Morgan fingerprint density at radius 2 is 2.00 bits per heavy atom. The number of hydrogen-bond donors (Lipinski definition) is 1. The van der Waals surface area contributed by atoms with Crippen molar-refractivity contribution in [3.05, 3.63) is 18.3 Å². The minimum absolute atomic E-state index is 0.0387. The Morgan fingerprint density at radius 3 is 2.55 bits per heavy atom. The highest BCUT2D eigenvalue weighted by Gasteiger charge is 2.42. The Balaban J connectivity index is 1.73. The highest BCUT2D eigenvalue weighted by Crippen LogP contribution is 2.36. The Bertz CT molecular complexity index is 800. The second-order valence-electron chi connectivity index (χ2n) is 9.19. The molecular weight excluding hydrogens is 394 g/mol. The number of likely N-dealkylation sites (tertiary alicyclic amines) is 1. The van der Waals surface area contributed by atoms with Gasteiger partial charge in [-0.15, -0.1) is 0 Å². The molecule has 1 aromatic heterocycles. The summed E-state index contributed by atoms with van der Waals surface area (Å²) < 4.78 is 33.5. The van der Waals surface area contributed by atoms with E-state index in [0.29, 0.717) is 24.9 Å². The molecule has 9 heteroatoms. The predicted octanol–water partition coefficient (Wildman–Crippen LogP) is 3.31. The summed E-state index contributed by atoms with van der Waals surface area (Å²) in [5.74, 6) is 0.806. The van der Waals surface area contributed by atoms with E-state index in [0.717, 1.165) is 25.7 Å². The van der Waals surface area contributed by atoms with Crippen molar-refractivity contribution in [2.75, 3.05) is 13.2 Å². The average Bonchev–Trinajstić information content (AvgIpc) is 2.87. The zero-order valence-electron chi connectivity index (χ0n) is 18.0. The van der Waals surface area contributed by atoms with Gasteiger partial charge in [0.1, 0.15) is 10.5 Å². The second kappa shape index (κ2) is 8.87. The lowest BCUT2D eigenvalue weighted by molar-refractivity contribution is 0.0130. The molecule has 1 amide bonds. The van der Waals surface area contributed by atoms with Gasteiger partial charge in [0, 0.05) is 18.2 Å². The summed E-state index contributed by atoms with van der Waals surface area (Å²) in [6, 6.07) is 2.88. The molecule has 1 aromatic rings. The third-order valence-electron chi connectivity index (χ3n) is 4.87. The number of carbonyl (C=O) groups is 1. The first kappa shape index (κ1) is 23.4. The average molecular weight is 428 g/mol. The minimum Gasteiger partial charge on any atom is -0.478 e. The van der Waals surface area contributed by atoms with E-state index in [2.05, 4.69) is 18.8 Å². The lowest BCUT2D eigenvalue weighted by Gasteiger charge is -2.33. The number of ether oxygens (including phenoxy) is 2. The van der Waals surface area contributed by atoms with Crippen LogP contribution in [0.3, 0.4) is 0 Å². The molecule has 0 bridgehead atoms. The molecule has 164 valence electrons. The monoisotopic (exact) mass is 427 g/mol. The van der Waals surface area contributed by atoms with E-state index >= 15 is 0 Å². The molecule has 1 unspecified atom stereocenters. The molecule has 0 aromatic carbocycles. The number of rotatable bonds is 7. The first-order valence-electron chi connectivity index (χ1n) is 9.90. The summed E-state index contributed by atoms with van der Waals surface area (Å²) in [6.45, 7) is 11.0. The van der Waals surface area contributed by atoms with Crippen LogP contribution in [-0.4, -0.2) is 48.7 Å². The Morgan fingerprint density at radius 1 is 1.31 bits per heavy atom. The normalized spacial score (nSPS) is 19.2. The Labute approximate surface area is 173 Å². The number of amides is 1. The first-order chi connectivity index (χ1) is 13.3. The predicted molar refractivity (Wildman–Crippen MR) is 110 cm³/mol. The molecule has 0 spiro atoms. The van der Waals surface area contributed by atoms with Gasteiger partial charge in [0.15, 0.2) is 0 Å². The highest BCUT2D eigenvalue weighted by atomic mass is 32.2. The van der Waals surface area contributed by atoms with Crippen molar-refractivity contribution in [2.45, 2.75) is 76.3 Å². The fraction of sp³-hybridized carbons (Fsp3) is 0.700. The van der Waals surface area contributed by atoms with E-state index in [1.54, 1.807) is 0 Å². The van der Waals surface area contributed by atoms with E-state index in [4.69, 9.17) is 14.6 Å². The Hall–Kier alpha value is -1.87. The summed E-state index contributed by atoms with van der Waals surface area (Å²) in [7, 11) is -3.74. The van der Waals surface area contributed by atoms with Crippen molar-refractivity contribution in [2.24, 2.45) is 11.1 Å². The number of aromatic nitrogens is 1. The maximum absolute atomic E-state index is 12.5. The fourth-order valence-corrected chi connectivity index (χ4v) is 4.01. The van der Waals surface area contributed by atoms with Crippen LogP contribution in [0.5, 0.6) is 5.88 Å². The van der Waals surface area contributed by atoms with Crippen LogP contribution in [0.2, 0.25) is 0 Å². The van der Waals surface area contributed by atoms with Crippen LogP contribution >= 0.6 is 0 Å². The topological polar surface area (TPSA) is 112 Å². The SMILES string of the molecule is CC(C)(C)OC(=O)N1CC(CCCCOc2ccc(S(N)(=O)=O)cn2)CC1(C)C. The van der Waals surface area contributed by atoms with Crippen molar-refractivity contribution < 1.29 is 22.7 Å².